The molecule has 0 aromatic heterocycles. The third kappa shape index (κ3) is 3.27. The number of hydrazine groups is 1. The summed E-state index contributed by atoms with van der Waals surface area (Å²) in [6.07, 6.45) is -1.40. The van der Waals surface area contributed by atoms with Gasteiger partial charge in [-0.3, -0.25) is 10.6 Å². The Balaban J connectivity index is 4.45. The maximum Gasteiger partial charge on any atom is 0.322 e. The Hall–Kier alpha value is -0.690. The molecule has 0 aromatic rings. The molecule has 0 saturated heterocycles. The Bertz CT molecular complexity index is 174. The van der Waals surface area contributed by atoms with Crippen molar-refractivity contribution in [3.63, 3.8) is 0 Å². The van der Waals surface area contributed by atoms with Crippen LogP contribution in [0, 0.1) is 5.92 Å². The number of aliphatic carboxylic acids is 1. The number of hydrogen-bond acceptors (Lipinski definition) is 5. The minimum Gasteiger partial charge on any atom is -0.480 e. The zero-order valence-corrected chi connectivity index (χ0v) is 7.97. The number of aliphatic hydroxyl groups excluding tert-OH is 1. The third-order valence-corrected chi connectivity index (χ3v) is 1.67. The molecule has 0 aromatic carbocycles. The number of methoxy groups -OCH3 is 1. The predicted octanol–water partition coefficient (Wildman–Crippen LogP) is -0.806. The molecule has 2 atom stereocenters. The molecule has 13 heavy (non-hydrogen) atoms. The van der Waals surface area contributed by atoms with Crippen molar-refractivity contribution in [2.24, 2.45) is 11.8 Å². The van der Waals surface area contributed by atoms with Crippen molar-refractivity contribution in [3.05, 3.63) is 0 Å². The first kappa shape index (κ1) is 12.3. The van der Waals surface area contributed by atoms with Crippen LogP contribution in [0.4, 0.5) is 0 Å². The van der Waals surface area contributed by atoms with Crippen molar-refractivity contribution >= 4 is 5.97 Å². The van der Waals surface area contributed by atoms with Gasteiger partial charge in [-0.1, -0.05) is 13.8 Å². The van der Waals surface area contributed by atoms with E-state index < -0.39 is 18.4 Å². The van der Waals surface area contributed by atoms with E-state index in [-0.39, 0.29) is 5.92 Å². The molecule has 0 heterocycles. The highest BCUT2D eigenvalue weighted by Gasteiger charge is 2.30. The van der Waals surface area contributed by atoms with Gasteiger partial charge in [-0.25, -0.2) is 0 Å². The normalized spacial score (nSPS) is 16.2. The second kappa shape index (κ2) is 5.13. The standard InChI is InChI=1S/C7H16N2O4/c1-4(2)5(6(10)11)9(8)7(12)13-3/h4-5,7,12H,8H2,1-3H3,(H,10,11)/t5-,7?/m0/s1. The number of ether oxygens (including phenoxy) is 1. The van der Waals surface area contributed by atoms with Crippen molar-refractivity contribution in [3.8, 4) is 0 Å². The molecule has 0 rings (SSSR count). The lowest BCUT2D eigenvalue weighted by Crippen LogP contribution is -2.54. The fourth-order valence-electron chi connectivity index (χ4n) is 1.02. The van der Waals surface area contributed by atoms with Crippen LogP contribution in [0.15, 0.2) is 0 Å². The maximum absolute atomic E-state index is 10.7. The van der Waals surface area contributed by atoms with Crippen molar-refractivity contribution < 1.29 is 19.7 Å². The summed E-state index contributed by atoms with van der Waals surface area (Å²) in [5.41, 5.74) is 0. The minimum absolute atomic E-state index is 0.215. The number of hydrogen-bond donors (Lipinski definition) is 3. The lowest BCUT2D eigenvalue weighted by atomic mass is 10.0. The topological polar surface area (TPSA) is 96.0 Å². The van der Waals surface area contributed by atoms with Crippen molar-refractivity contribution in [2.75, 3.05) is 7.11 Å². The van der Waals surface area contributed by atoms with Gasteiger partial charge in [-0.05, 0) is 5.92 Å². The first-order valence-electron chi connectivity index (χ1n) is 3.88. The Morgan fingerprint density at radius 3 is 2.23 bits per heavy atom. The molecule has 0 radical (unpaired) electrons. The summed E-state index contributed by atoms with van der Waals surface area (Å²) in [7, 11) is 1.24. The Morgan fingerprint density at radius 2 is 2.00 bits per heavy atom. The lowest BCUT2D eigenvalue weighted by Gasteiger charge is -2.29. The number of rotatable bonds is 5. The number of carboxylic acid groups (broad SMARTS) is 1. The fraction of sp³-hybridized carbons (Fsp3) is 0.857. The molecular weight excluding hydrogens is 176 g/mol. The smallest absolute Gasteiger partial charge is 0.322 e. The van der Waals surface area contributed by atoms with Crippen LogP contribution in [0.5, 0.6) is 0 Å². The monoisotopic (exact) mass is 192 g/mol. The van der Waals surface area contributed by atoms with Gasteiger partial charge < -0.3 is 14.9 Å². The average molecular weight is 192 g/mol. The van der Waals surface area contributed by atoms with Gasteiger partial charge in [-0.15, -0.1) is 0 Å². The summed E-state index contributed by atoms with van der Waals surface area (Å²) < 4.78 is 4.49. The molecule has 0 aliphatic carbocycles. The summed E-state index contributed by atoms with van der Waals surface area (Å²) in [5, 5.41) is 18.7. The van der Waals surface area contributed by atoms with Crippen molar-refractivity contribution in [2.45, 2.75) is 26.3 Å². The molecule has 6 heteroatoms. The Labute approximate surface area is 76.9 Å². The van der Waals surface area contributed by atoms with Crippen molar-refractivity contribution in [1.82, 2.24) is 5.01 Å². The van der Waals surface area contributed by atoms with E-state index >= 15 is 0 Å². The number of nitrogens with two attached hydrogens (primary N) is 1. The SMILES string of the molecule is COC(O)N(N)[C@H](C(=O)O)C(C)C. The van der Waals surface area contributed by atoms with E-state index in [4.69, 9.17) is 16.1 Å². The van der Waals surface area contributed by atoms with Crippen LogP contribution in [-0.2, 0) is 9.53 Å². The number of aliphatic hydroxyl groups is 1. The largest absolute Gasteiger partial charge is 0.480 e. The molecule has 4 N–H and O–H groups in total. The van der Waals surface area contributed by atoms with E-state index in [0.717, 1.165) is 5.01 Å². The van der Waals surface area contributed by atoms with Crippen LogP contribution in [0.3, 0.4) is 0 Å². The van der Waals surface area contributed by atoms with E-state index in [1.807, 2.05) is 0 Å². The molecule has 0 amide bonds. The number of carboxylic acids is 1. The van der Waals surface area contributed by atoms with Crippen LogP contribution < -0.4 is 5.84 Å². The number of nitrogens with zero attached hydrogens (tertiary/aromatic N) is 1. The van der Waals surface area contributed by atoms with Crippen LogP contribution in [0.1, 0.15) is 13.8 Å². The summed E-state index contributed by atoms with van der Waals surface area (Å²) in [6, 6.07) is -0.963. The zero-order chi connectivity index (χ0) is 10.6. The molecule has 0 bridgehead atoms. The second-order valence-corrected chi connectivity index (χ2v) is 3.04. The van der Waals surface area contributed by atoms with Gasteiger partial charge in [0.2, 0.25) is 6.41 Å². The molecule has 6 nitrogen and oxygen atoms in total. The van der Waals surface area contributed by atoms with Crippen LogP contribution in [-0.4, -0.2) is 40.8 Å². The van der Waals surface area contributed by atoms with Gasteiger partial charge >= 0.3 is 5.97 Å². The maximum atomic E-state index is 10.7. The Kier molecular flexibility index (Phi) is 4.86. The second-order valence-electron chi connectivity index (χ2n) is 3.04. The van der Waals surface area contributed by atoms with Gasteiger partial charge in [0.25, 0.3) is 0 Å². The van der Waals surface area contributed by atoms with E-state index in [1.165, 1.54) is 7.11 Å². The highest BCUT2D eigenvalue weighted by molar-refractivity contribution is 5.73. The molecule has 0 aliphatic heterocycles. The molecular formula is C7H16N2O4. The summed E-state index contributed by atoms with van der Waals surface area (Å²) >= 11 is 0. The molecule has 0 fully saturated rings. The predicted molar refractivity (Wildman–Crippen MR) is 45.3 cm³/mol. The van der Waals surface area contributed by atoms with Crippen LogP contribution >= 0.6 is 0 Å². The van der Waals surface area contributed by atoms with Gasteiger partial charge in [0.1, 0.15) is 6.04 Å². The van der Waals surface area contributed by atoms with E-state index in [9.17, 15) is 4.79 Å². The lowest BCUT2D eigenvalue weighted by molar-refractivity contribution is -0.204. The Morgan fingerprint density at radius 1 is 1.54 bits per heavy atom. The molecule has 78 valence electrons. The molecule has 0 saturated carbocycles. The van der Waals surface area contributed by atoms with Gasteiger partial charge in [0.15, 0.2) is 0 Å². The highest BCUT2D eigenvalue weighted by atomic mass is 16.6. The molecule has 0 aliphatic rings. The van der Waals surface area contributed by atoms with E-state index in [2.05, 4.69) is 4.74 Å². The van der Waals surface area contributed by atoms with Crippen LogP contribution in [0.25, 0.3) is 0 Å². The highest BCUT2D eigenvalue weighted by Crippen LogP contribution is 2.09. The first-order valence-corrected chi connectivity index (χ1v) is 3.88. The minimum atomic E-state index is -1.40. The summed E-state index contributed by atoms with van der Waals surface area (Å²) in [5.74, 6) is 4.05. The van der Waals surface area contributed by atoms with Gasteiger partial charge in [0.05, 0.1) is 0 Å². The zero-order valence-electron chi connectivity index (χ0n) is 7.97. The molecule has 1 unspecified atom stereocenters. The number of carbonyl (C=O) groups is 1. The van der Waals surface area contributed by atoms with Crippen LogP contribution in [0.2, 0.25) is 0 Å². The van der Waals surface area contributed by atoms with Gasteiger partial charge in [0, 0.05) is 7.11 Å². The third-order valence-electron chi connectivity index (χ3n) is 1.67. The first-order chi connectivity index (χ1) is 5.91. The summed E-state index contributed by atoms with van der Waals surface area (Å²) in [6.45, 7) is 3.39. The quantitative estimate of drug-likeness (QED) is 0.299. The fourth-order valence-corrected chi connectivity index (χ4v) is 1.02. The van der Waals surface area contributed by atoms with Crippen molar-refractivity contribution in [1.29, 1.82) is 0 Å². The van der Waals surface area contributed by atoms with E-state index in [0.29, 0.717) is 0 Å². The molecule has 0 spiro atoms. The average Bonchev–Trinajstić information content (AvgIpc) is 2.01. The van der Waals surface area contributed by atoms with Gasteiger partial charge in [-0.2, -0.15) is 5.01 Å². The van der Waals surface area contributed by atoms with E-state index in [1.54, 1.807) is 13.8 Å². The summed E-state index contributed by atoms with van der Waals surface area (Å²) in [4.78, 5) is 10.7.